The van der Waals surface area contributed by atoms with Gasteiger partial charge in [-0.1, -0.05) is 99.0 Å². The highest BCUT2D eigenvalue weighted by atomic mass is 32.1. The standard InChI is InChI=1S/C34H28SSi2/c1-36(2)31-12-8-6-10-24(31)27-19-28-25-15-13-22(18-32(25)37(3,4)34(28)20-33(27)36)21-14-16-30-26(17-21)23-9-5-7-11-29(23)35-30/h5-20H,1-4H3. The molecule has 0 radical (unpaired) electrons. The lowest BCUT2D eigenvalue weighted by molar-refractivity contribution is 1.67. The molecule has 37 heavy (non-hydrogen) atoms. The van der Waals surface area contributed by atoms with Gasteiger partial charge in [-0.05, 0) is 78.4 Å². The first-order valence-corrected chi connectivity index (χ1v) is 20.0. The Morgan fingerprint density at radius 2 is 1.03 bits per heavy atom. The van der Waals surface area contributed by atoms with Crippen molar-refractivity contribution >= 4 is 68.4 Å². The van der Waals surface area contributed by atoms with E-state index < -0.39 is 16.1 Å². The predicted molar refractivity (Wildman–Crippen MR) is 169 cm³/mol. The second kappa shape index (κ2) is 7.19. The Labute approximate surface area is 224 Å². The number of thiophene rings is 1. The number of hydrogen-bond acceptors (Lipinski definition) is 1. The molecule has 0 unspecified atom stereocenters. The topological polar surface area (TPSA) is 0 Å². The molecule has 0 saturated carbocycles. The first-order valence-electron chi connectivity index (χ1n) is 13.2. The highest BCUT2D eigenvalue weighted by molar-refractivity contribution is 7.25. The van der Waals surface area contributed by atoms with Crippen LogP contribution in [0.2, 0.25) is 26.2 Å². The Kier molecular flexibility index (Phi) is 4.24. The van der Waals surface area contributed by atoms with E-state index in [1.165, 1.54) is 53.6 Å². The molecule has 0 N–H and O–H groups in total. The molecule has 0 bridgehead atoms. The van der Waals surface area contributed by atoms with Crippen LogP contribution in [0.25, 0.3) is 53.6 Å². The minimum absolute atomic E-state index is 1.32. The third-order valence-electron chi connectivity index (χ3n) is 9.09. The molecule has 6 aromatic rings. The monoisotopic (exact) mass is 524 g/mol. The van der Waals surface area contributed by atoms with Crippen molar-refractivity contribution in [3.8, 4) is 33.4 Å². The van der Waals surface area contributed by atoms with Crippen molar-refractivity contribution < 1.29 is 0 Å². The fourth-order valence-corrected chi connectivity index (χ4v) is 14.4. The summed E-state index contributed by atoms with van der Waals surface area (Å²) in [5.41, 5.74) is 8.57. The zero-order chi connectivity index (χ0) is 25.1. The van der Waals surface area contributed by atoms with Crippen LogP contribution in [0.1, 0.15) is 0 Å². The number of fused-ring (bicyclic) bond motifs is 9. The summed E-state index contributed by atoms with van der Waals surface area (Å²) in [4.78, 5) is 0. The van der Waals surface area contributed by atoms with Crippen molar-refractivity contribution in [3.63, 3.8) is 0 Å². The normalized spacial score (nSPS) is 16.0. The lowest BCUT2D eigenvalue weighted by Gasteiger charge is -2.23. The molecule has 0 nitrogen and oxygen atoms in total. The van der Waals surface area contributed by atoms with Gasteiger partial charge < -0.3 is 0 Å². The van der Waals surface area contributed by atoms with Crippen LogP contribution in [0, 0.1) is 0 Å². The molecule has 0 atom stereocenters. The lowest BCUT2D eigenvalue weighted by atomic mass is 9.97. The average Bonchev–Trinajstić information content (AvgIpc) is 3.47. The van der Waals surface area contributed by atoms with Gasteiger partial charge in [0.15, 0.2) is 0 Å². The third-order valence-corrected chi connectivity index (χ3v) is 17.3. The van der Waals surface area contributed by atoms with E-state index in [1.54, 1.807) is 20.7 Å². The summed E-state index contributed by atoms with van der Waals surface area (Å²) in [7, 11) is -3.49. The Morgan fingerprint density at radius 1 is 0.432 bits per heavy atom. The van der Waals surface area contributed by atoms with E-state index >= 15 is 0 Å². The summed E-state index contributed by atoms with van der Waals surface area (Å²) in [6, 6.07) is 37.5. The first-order chi connectivity index (χ1) is 17.8. The van der Waals surface area contributed by atoms with Gasteiger partial charge in [0.1, 0.15) is 16.1 Å². The number of hydrogen-bond donors (Lipinski definition) is 0. The number of rotatable bonds is 1. The highest BCUT2D eigenvalue weighted by Gasteiger charge is 2.43. The molecular weight excluding hydrogens is 497 g/mol. The maximum absolute atomic E-state index is 2.65. The zero-order valence-electron chi connectivity index (χ0n) is 21.6. The maximum atomic E-state index is 2.65. The Balaban J connectivity index is 1.30. The molecule has 3 heterocycles. The molecular formula is C34H28SSi2. The predicted octanol–water partition coefficient (Wildman–Crippen LogP) is 7.33. The van der Waals surface area contributed by atoms with E-state index in [-0.39, 0.29) is 0 Å². The van der Waals surface area contributed by atoms with Crippen LogP contribution in [0.3, 0.4) is 0 Å². The second-order valence-corrected chi connectivity index (χ2v) is 21.5. The average molecular weight is 525 g/mol. The minimum Gasteiger partial charge on any atom is -0.135 e. The van der Waals surface area contributed by atoms with E-state index in [2.05, 4.69) is 123 Å². The van der Waals surface area contributed by atoms with E-state index in [0.717, 1.165) is 0 Å². The maximum Gasteiger partial charge on any atom is 0.113 e. The quantitative estimate of drug-likeness (QED) is 0.198. The lowest BCUT2D eigenvalue weighted by Crippen LogP contribution is -2.54. The molecule has 0 amide bonds. The molecule has 0 aliphatic carbocycles. The molecule has 8 rings (SSSR count). The Bertz CT molecular complexity index is 1940. The van der Waals surface area contributed by atoms with Gasteiger partial charge in [-0.15, -0.1) is 11.3 Å². The van der Waals surface area contributed by atoms with Gasteiger partial charge in [-0.3, -0.25) is 0 Å². The van der Waals surface area contributed by atoms with Crippen LogP contribution < -0.4 is 20.7 Å². The number of benzene rings is 5. The molecule has 0 saturated heterocycles. The largest absolute Gasteiger partial charge is 0.135 e. The summed E-state index contributed by atoms with van der Waals surface area (Å²) >= 11 is 1.89. The molecule has 0 spiro atoms. The smallest absolute Gasteiger partial charge is 0.113 e. The molecule has 2 aliphatic heterocycles. The molecule has 178 valence electrons. The van der Waals surface area contributed by atoms with Crippen LogP contribution in [-0.2, 0) is 0 Å². The van der Waals surface area contributed by atoms with Crippen molar-refractivity contribution in [3.05, 3.63) is 97.1 Å². The van der Waals surface area contributed by atoms with Crippen LogP contribution in [0.5, 0.6) is 0 Å². The van der Waals surface area contributed by atoms with Crippen LogP contribution >= 0.6 is 11.3 Å². The van der Waals surface area contributed by atoms with Gasteiger partial charge in [0.05, 0.1) is 0 Å². The van der Waals surface area contributed by atoms with Crippen LogP contribution in [-0.4, -0.2) is 16.1 Å². The van der Waals surface area contributed by atoms with Crippen molar-refractivity contribution in [1.82, 2.24) is 0 Å². The molecule has 0 fully saturated rings. The fourth-order valence-electron chi connectivity index (χ4n) is 7.01. The van der Waals surface area contributed by atoms with Gasteiger partial charge in [0, 0.05) is 20.2 Å². The summed E-state index contributed by atoms with van der Waals surface area (Å²) in [6.45, 7) is 10.2. The van der Waals surface area contributed by atoms with Crippen molar-refractivity contribution in [2.75, 3.05) is 0 Å². The molecule has 5 aromatic carbocycles. The molecule has 3 heteroatoms. The highest BCUT2D eigenvalue weighted by Crippen LogP contribution is 2.39. The summed E-state index contributed by atoms with van der Waals surface area (Å²) < 4.78 is 2.74. The second-order valence-electron chi connectivity index (χ2n) is 11.8. The Hall–Kier alpha value is -3.25. The summed E-state index contributed by atoms with van der Waals surface area (Å²) in [6.07, 6.45) is 0. The third kappa shape index (κ3) is 2.82. The van der Waals surface area contributed by atoms with Crippen molar-refractivity contribution in [2.45, 2.75) is 26.2 Å². The van der Waals surface area contributed by atoms with E-state index in [9.17, 15) is 0 Å². The van der Waals surface area contributed by atoms with Gasteiger partial charge in [0.2, 0.25) is 0 Å². The molecule has 2 aliphatic rings. The first kappa shape index (κ1) is 21.8. The summed E-state index contributed by atoms with van der Waals surface area (Å²) in [5, 5.41) is 9.20. The minimum atomic E-state index is -1.81. The molecule has 1 aromatic heterocycles. The summed E-state index contributed by atoms with van der Waals surface area (Å²) in [5.74, 6) is 0. The van der Waals surface area contributed by atoms with Gasteiger partial charge in [-0.25, -0.2) is 0 Å². The van der Waals surface area contributed by atoms with Gasteiger partial charge in [-0.2, -0.15) is 0 Å². The van der Waals surface area contributed by atoms with E-state index in [4.69, 9.17) is 0 Å². The fraction of sp³-hybridized carbons (Fsp3) is 0.118. The van der Waals surface area contributed by atoms with Gasteiger partial charge >= 0.3 is 0 Å². The van der Waals surface area contributed by atoms with Crippen molar-refractivity contribution in [2.24, 2.45) is 0 Å². The van der Waals surface area contributed by atoms with Gasteiger partial charge in [0.25, 0.3) is 0 Å². The SMILES string of the molecule is C[Si]1(C)c2ccccc2-c2cc3c(cc21)[Si](C)(C)c1cc(-c2ccc4sc5ccccc5c4c2)ccc1-3. The Morgan fingerprint density at radius 3 is 1.86 bits per heavy atom. The van der Waals surface area contributed by atoms with E-state index in [0.29, 0.717) is 0 Å². The van der Waals surface area contributed by atoms with Crippen LogP contribution in [0.15, 0.2) is 97.1 Å². The van der Waals surface area contributed by atoms with Crippen LogP contribution in [0.4, 0.5) is 0 Å². The van der Waals surface area contributed by atoms with E-state index in [1.807, 2.05) is 11.3 Å². The zero-order valence-corrected chi connectivity index (χ0v) is 24.5. The van der Waals surface area contributed by atoms with Crippen molar-refractivity contribution in [1.29, 1.82) is 0 Å².